The Hall–Kier alpha value is -2.80. The van der Waals surface area contributed by atoms with Crippen LogP contribution in [0, 0.1) is 6.92 Å². The normalized spacial score (nSPS) is 16.0. The molecule has 3 heterocycles. The lowest BCUT2D eigenvalue weighted by Gasteiger charge is -2.30. The molecule has 2 aromatic heterocycles. The molecule has 4 rings (SSSR count). The van der Waals surface area contributed by atoms with Gasteiger partial charge in [-0.25, -0.2) is 4.98 Å². The summed E-state index contributed by atoms with van der Waals surface area (Å²) in [5.74, 6) is 2.26. The lowest BCUT2D eigenvalue weighted by molar-refractivity contribution is 0.180. The van der Waals surface area contributed by atoms with E-state index < -0.39 is 0 Å². The summed E-state index contributed by atoms with van der Waals surface area (Å²) in [7, 11) is 0. The number of nitrogens with zero attached hydrogens (tertiary/aromatic N) is 4. The van der Waals surface area contributed by atoms with Crippen LogP contribution in [0.15, 0.2) is 45.7 Å². The van der Waals surface area contributed by atoms with E-state index in [1.54, 1.807) is 6.07 Å². The zero-order chi connectivity index (χ0) is 17.9. The number of benzene rings is 1. The maximum atomic E-state index is 11.6. The predicted octanol–water partition coefficient (Wildman–Crippen LogP) is 2.51. The smallest absolute Gasteiger partial charge is 0.251 e. The van der Waals surface area contributed by atoms with E-state index in [-0.39, 0.29) is 5.56 Å². The van der Waals surface area contributed by atoms with Crippen LogP contribution in [0.4, 0.5) is 0 Å². The summed E-state index contributed by atoms with van der Waals surface area (Å²) in [6.07, 6.45) is 1.94. The van der Waals surface area contributed by atoms with Gasteiger partial charge in [0, 0.05) is 17.5 Å². The monoisotopic (exact) mass is 351 g/mol. The summed E-state index contributed by atoms with van der Waals surface area (Å²) in [6.45, 7) is 4.30. The van der Waals surface area contributed by atoms with E-state index in [4.69, 9.17) is 4.52 Å². The molecule has 26 heavy (non-hydrogen) atoms. The number of aromatic nitrogens is 4. The molecule has 1 N–H and O–H groups in total. The zero-order valence-corrected chi connectivity index (χ0v) is 14.7. The number of H-pyrrole nitrogens is 1. The van der Waals surface area contributed by atoms with Gasteiger partial charge in [-0.1, -0.05) is 35.5 Å². The van der Waals surface area contributed by atoms with E-state index >= 15 is 0 Å². The molecule has 1 aliphatic heterocycles. The van der Waals surface area contributed by atoms with Crippen LogP contribution in [-0.2, 0) is 6.54 Å². The average Bonchev–Trinajstić information content (AvgIpc) is 3.11. The Balaban J connectivity index is 1.37. The molecule has 0 unspecified atom stereocenters. The number of nitrogens with one attached hydrogen (secondary N) is 1. The molecule has 7 nitrogen and oxygen atoms in total. The van der Waals surface area contributed by atoms with Gasteiger partial charge in [0.05, 0.1) is 12.2 Å². The molecule has 1 aromatic carbocycles. The number of hydrogen-bond donors (Lipinski definition) is 1. The first-order valence-corrected chi connectivity index (χ1v) is 8.85. The van der Waals surface area contributed by atoms with Gasteiger partial charge in [0.1, 0.15) is 5.82 Å². The predicted molar refractivity (Wildman–Crippen MR) is 96.6 cm³/mol. The molecular formula is C19H21N5O2. The maximum Gasteiger partial charge on any atom is 0.251 e. The Labute approximate surface area is 151 Å². The number of rotatable bonds is 4. The number of aromatic amines is 1. The molecule has 0 bridgehead atoms. The highest BCUT2D eigenvalue weighted by atomic mass is 16.5. The van der Waals surface area contributed by atoms with Crippen molar-refractivity contribution in [2.45, 2.75) is 32.2 Å². The third kappa shape index (κ3) is 3.72. The summed E-state index contributed by atoms with van der Waals surface area (Å²) < 4.78 is 5.40. The van der Waals surface area contributed by atoms with Crippen LogP contribution in [0.1, 0.15) is 36.2 Å². The molecule has 0 saturated carbocycles. The van der Waals surface area contributed by atoms with Crippen molar-refractivity contribution in [3.8, 4) is 11.4 Å². The number of piperidine rings is 1. The van der Waals surface area contributed by atoms with Crippen molar-refractivity contribution in [1.82, 2.24) is 25.0 Å². The van der Waals surface area contributed by atoms with E-state index in [0.29, 0.717) is 30.0 Å². The quantitative estimate of drug-likeness (QED) is 0.777. The van der Waals surface area contributed by atoms with Crippen molar-refractivity contribution in [2.24, 2.45) is 0 Å². The Morgan fingerprint density at radius 3 is 2.69 bits per heavy atom. The van der Waals surface area contributed by atoms with Crippen LogP contribution in [-0.4, -0.2) is 38.1 Å². The molecule has 7 heteroatoms. The van der Waals surface area contributed by atoms with Crippen LogP contribution >= 0.6 is 0 Å². The summed E-state index contributed by atoms with van der Waals surface area (Å²) in [5, 5.41) is 4.07. The molecule has 1 fully saturated rings. The van der Waals surface area contributed by atoms with Crippen LogP contribution in [0.25, 0.3) is 11.4 Å². The molecule has 0 radical (unpaired) electrons. The Bertz CT molecular complexity index is 926. The number of aryl methyl sites for hydroxylation is 1. The molecule has 134 valence electrons. The molecule has 3 aromatic rings. The van der Waals surface area contributed by atoms with Crippen molar-refractivity contribution >= 4 is 0 Å². The number of hydrogen-bond acceptors (Lipinski definition) is 6. The fourth-order valence-electron chi connectivity index (χ4n) is 3.41. The first-order valence-electron chi connectivity index (χ1n) is 8.85. The fourth-order valence-corrected chi connectivity index (χ4v) is 3.41. The molecule has 0 amide bonds. The van der Waals surface area contributed by atoms with E-state index in [2.05, 4.69) is 25.0 Å². The fraction of sp³-hybridized carbons (Fsp3) is 0.368. The standard InChI is InChI=1S/C19H21N5O2/c1-13-20-16(11-17(25)21-13)14-7-9-24(10-8-14)12-18-22-19(23-26-18)15-5-3-2-4-6-15/h2-6,11,14H,7-10,12H2,1H3,(H,20,21,25). The maximum absolute atomic E-state index is 11.6. The average molecular weight is 351 g/mol. The van der Waals surface area contributed by atoms with Gasteiger partial charge in [0.25, 0.3) is 5.56 Å². The van der Waals surface area contributed by atoms with Gasteiger partial charge in [-0.15, -0.1) is 0 Å². The second-order valence-corrected chi connectivity index (χ2v) is 6.68. The van der Waals surface area contributed by atoms with Gasteiger partial charge in [0.15, 0.2) is 0 Å². The third-order valence-corrected chi connectivity index (χ3v) is 4.74. The highest BCUT2D eigenvalue weighted by molar-refractivity contribution is 5.53. The highest BCUT2D eigenvalue weighted by Crippen LogP contribution is 2.27. The Morgan fingerprint density at radius 1 is 1.19 bits per heavy atom. The van der Waals surface area contributed by atoms with Gasteiger partial charge in [-0.05, 0) is 32.9 Å². The minimum absolute atomic E-state index is 0.0748. The minimum atomic E-state index is -0.0748. The van der Waals surface area contributed by atoms with E-state index in [0.717, 1.165) is 37.2 Å². The van der Waals surface area contributed by atoms with Crippen LogP contribution in [0.5, 0.6) is 0 Å². The SMILES string of the molecule is Cc1nc(C2CCN(Cc3nc(-c4ccccc4)no3)CC2)cc(=O)[nH]1. The lowest BCUT2D eigenvalue weighted by Crippen LogP contribution is -2.33. The van der Waals surface area contributed by atoms with Gasteiger partial charge >= 0.3 is 0 Å². The van der Waals surface area contributed by atoms with E-state index in [9.17, 15) is 4.79 Å². The van der Waals surface area contributed by atoms with Crippen molar-refractivity contribution in [3.63, 3.8) is 0 Å². The van der Waals surface area contributed by atoms with Crippen LogP contribution in [0.3, 0.4) is 0 Å². The number of likely N-dealkylation sites (tertiary alicyclic amines) is 1. The van der Waals surface area contributed by atoms with E-state index in [1.165, 1.54) is 0 Å². The van der Waals surface area contributed by atoms with Gasteiger partial charge < -0.3 is 9.51 Å². The third-order valence-electron chi connectivity index (χ3n) is 4.74. The van der Waals surface area contributed by atoms with Gasteiger partial charge in [0.2, 0.25) is 11.7 Å². The zero-order valence-electron chi connectivity index (χ0n) is 14.7. The van der Waals surface area contributed by atoms with Crippen molar-refractivity contribution in [3.05, 3.63) is 64.2 Å². The topological polar surface area (TPSA) is 87.9 Å². The minimum Gasteiger partial charge on any atom is -0.338 e. The highest BCUT2D eigenvalue weighted by Gasteiger charge is 2.23. The molecule has 0 aliphatic carbocycles. The van der Waals surface area contributed by atoms with Crippen LogP contribution in [0.2, 0.25) is 0 Å². The summed E-state index contributed by atoms with van der Waals surface area (Å²) in [5.41, 5.74) is 1.78. The summed E-state index contributed by atoms with van der Waals surface area (Å²) in [6, 6.07) is 11.4. The molecule has 0 spiro atoms. The lowest BCUT2D eigenvalue weighted by atomic mass is 9.93. The summed E-state index contributed by atoms with van der Waals surface area (Å²) >= 11 is 0. The molecule has 1 aliphatic rings. The molecule has 1 saturated heterocycles. The van der Waals surface area contributed by atoms with Crippen LogP contribution < -0.4 is 5.56 Å². The van der Waals surface area contributed by atoms with Crippen molar-refractivity contribution in [2.75, 3.05) is 13.1 Å². The first-order chi connectivity index (χ1) is 12.7. The Morgan fingerprint density at radius 2 is 1.96 bits per heavy atom. The Kier molecular flexibility index (Phi) is 4.62. The first kappa shape index (κ1) is 16.7. The van der Waals surface area contributed by atoms with E-state index in [1.807, 2.05) is 37.3 Å². The van der Waals surface area contributed by atoms with Crippen molar-refractivity contribution < 1.29 is 4.52 Å². The van der Waals surface area contributed by atoms with Crippen molar-refractivity contribution in [1.29, 1.82) is 0 Å². The largest absolute Gasteiger partial charge is 0.338 e. The molecular weight excluding hydrogens is 330 g/mol. The second-order valence-electron chi connectivity index (χ2n) is 6.68. The second kappa shape index (κ2) is 7.21. The van der Waals surface area contributed by atoms with Gasteiger partial charge in [-0.2, -0.15) is 4.98 Å². The van der Waals surface area contributed by atoms with Gasteiger partial charge in [-0.3, -0.25) is 9.69 Å². The molecule has 0 atom stereocenters. The summed E-state index contributed by atoms with van der Waals surface area (Å²) in [4.78, 5) is 25.6.